The highest BCUT2D eigenvalue weighted by atomic mass is 32.2. The molecule has 130 valence electrons. The Morgan fingerprint density at radius 3 is 2.42 bits per heavy atom. The zero-order chi connectivity index (χ0) is 17.7. The molecule has 6 nitrogen and oxygen atoms in total. The summed E-state index contributed by atoms with van der Waals surface area (Å²) in [5.41, 5.74) is 0.853. The Bertz CT molecular complexity index is 828. The fraction of sp³-hybridized carbons (Fsp3) is 0.353. The van der Waals surface area contributed by atoms with Gasteiger partial charge in [-0.3, -0.25) is 4.79 Å². The van der Waals surface area contributed by atoms with Crippen LogP contribution in [0.15, 0.2) is 47.4 Å². The van der Waals surface area contributed by atoms with Gasteiger partial charge in [0.1, 0.15) is 0 Å². The van der Waals surface area contributed by atoms with E-state index in [1.807, 2.05) is 12.1 Å². The number of pyridine rings is 1. The monoisotopic (exact) mass is 350 g/mol. The molecule has 0 aliphatic heterocycles. The summed E-state index contributed by atoms with van der Waals surface area (Å²) in [7, 11) is -3.78. The van der Waals surface area contributed by atoms with Crippen LogP contribution >= 0.6 is 0 Å². The molecule has 2 aromatic rings. The molecule has 0 spiro atoms. The van der Waals surface area contributed by atoms with Gasteiger partial charge in [-0.2, -0.15) is 0 Å². The first-order valence-electron chi connectivity index (χ1n) is 7.78. The molecule has 0 aliphatic carbocycles. The number of aromatic nitrogens is 1. The third-order valence-electron chi connectivity index (χ3n) is 3.72. The SMILES string of the molecule is CCCCc1ccc(N(C(O)c2ccc[nH]c2=O)S(C)(=O)=O)cc1. The molecule has 1 atom stereocenters. The highest BCUT2D eigenvalue weighted by Crippen LogP contribution is 2.27. The van der Waals surface area contributed by atoms with Crippen LogP contribution < -0.4 is 9.86 Å². The van der Waals surface area contributed by atoms with Crippen LogP contribution in [0.25, 0.3) is 0 Å². The second kappa shape index (κ2) is 7.63. The van der Waals surface area contributed by atoms with Crippen LogP contribution in [0.4, 0.5) is 5.69 Å². The van der Waals surface area contributed by atoms with Gasteiger partial charge >= 0.3 is 0 Å². The summed E-state index contributed by atoms with van der Waals surface area (Å²) >= 11 is 0. The van der Waals surface area contributed by atoms with Crippen molar-refractivity contribution in [3.05, 3.63) is 64.1 Å². The van der Waals surface area contributed by atoms with Gasteiger partial charge in [-0.1, -0.05) is 25.5 Å². The minimum atomic E-state index is -3.78. The van der Waals surface area contributed by atoms with Crippen LogP contribution in [0.1, 0.15) is 37.1 Å². The minimum Gasteiger partial charge on any atom is -0.368 e. The van der Waals surface area contributed by atoms with Gasteiger partial charge < -0.3 is 10.1 Å². The molecule has 1 aromatic carbocycles. The number of aryl methyl sites for hydroxylation is 1. The zero-order valence-electron chi connectivity index (χ0n) is 13.8. The highest BCUT2D eigenvalue weighted by Gasteiger charge is 2.28. The average molecular weight is 350 g/mol. The van der Waals surface area contributed by atoms with E-state index >= 15 is 0 Å². The Labute approximate surface area is 141 Å². The Morgan fingerprint density at radius 1 is 1.21 bits per heavy atom. The van der Waals surface area contributed by atoms with Gasteiger partial charge in [-0.25, -0.2) is 12.7 Å². The van der Waals surface area contributed by atoms with Crippen molar-refractivity contribution in [2.24, 2.45) is 0 Å². The summed E-state index contributed by atoms with van der Waals surface area (Å²) in [6.07, 6.45) is 3.87. The van der Waals surface area contributed by atoms with E-state index in [4.69, 9.17) is 0 Å². The lowest BCUT2D eigenvalue weighted by molar-refractivity contribution is 0.188. The van der Waals surface area contributed by atoms with Crippen molar-refractivity contribution in [1.29, 1.82) is 0 Å². The molecule has 0 amide bonds. The number of nitrogens with zero attached hydrogens (tertiary/aromatic N) is 1. The largest absolute Gasteiger partial charge is 0.368 e. The number of aliphatic hydroxyl groups is 1. The van der Waals surface area contributed by atoms with Gasteiger partial charge in [0.15, 0.2) is 6.23 Å². The smallest absolute Gasteiger partial charge is 0.255 e. The Balaban J connectivity index is 2.40. The summed E-state index contributed by atoms with van der Waals surface area (Å²) in [5, 5.41) is 10.5. The molecule has 2 N–H and O–H groups in total. The number of H-pyrrole nitrogens is 1. The second-order valence-electron chi connectivity index (χ2n) is 5.66. The number of aromatic amines is 1. The van der Waals surface area contributed by atoms with Gasteiger partial charge in [0.05, 0.1) is 17.5 Å². The Morgan fingerprint density at radius 2 is 1.88 bits per heavy atom. The van der Waals surface area contributed by atoms with Crippen LogP contribution in [0.5, 0.6) is 0 Å². The molecule has 1 unspecified atom stereocenters. The summed E-state index contributed by atoms with van der Waals surface area (Å²) in [4.78, 5) is 14.3. The number of hydrogen-bond acceptors (Lipinski definition) is 4. The number of rotatable bonds is 7. The van der Waals surface area contributed by atoms with E-state index in [2.05, 4.69) is 11.9 Å². The van der Waals surface area contributed by atoms with E-state index in [0.29, 0.717) is 5.69 Å². The molecule has 0 saturated carbocycles. The Kier molecular flexibility index (Phi) is 5.80. The fourth-order valence-electron chi connectivity index (χ4n) is 2.47. The molecule has 0 saturated heterocycles. The molecule has 0 aliphatic rings. The third-order valence-corrected chi connectivity index (χ3v) is 4.84. The Hall–Kier alpha value is -2.12. The van der Waals surface area contributed by atoms with Crippen molar-refractivity contribution in [1.82, 2.24) is 4.98 Å². The zero-order valence-corrected chi connectivity index (χ0v) is 14.6. The maximum atomic E-state index is 12.2. The molecule has 7 heteroatoms. The third kappa shape index (κ3) is 4.24. The fourth-order valence-corrected chi connectivity index (χ4v) is 3.45. The summed E-state index contributed by atoms with van der Waals surface area (Å²) in [5.74, 6) is 0. The predicted molar refractivity (Wildman–Crippen MR) is 94.4 cm³/mol. The molecule has 1 heterocycles. The molecule has 0 radical (unpaired) electrons. The summed E-state index contributed by atoms with van der Waals surface area (Å²) in [6, 6.07) is 9.90. The van der Waals surface area contributed by atoms with Crippen LogP contribution in [-0.2, 0) is 16.4 Å². The van der Waals surface area contributed by atoms with Crippen molar-refractivity contribution in [3.63, 3.8) is 0 Å². The first-order valence-corrected chi connectivity index (χ1v) is 9.63. The van der Waals surface area contributed by atoms with Crippen LogP contribution in [0, 0.1) is 0 Å². The summed E-state index contributed by atoms with van der Waals surface area (Å²) in [6.45, 7) is 2.10. The van der Waals surface area contributed by atoms with Crippen LogP contribution in [0.3, 0.4) is 0 Å². The standard InChI is InChI=1S/C17H22N2O4S/c1-3-4-6-13-8-10-14(11-9-13)19(24(2,22)23)17(21)15-7-5-12-18-16(15)20/h5,7-12,17,21H,3-4,6H2,1-2H3,(H,18,20). The van der Waals surface area contributed by atoms with Crippen molar-refractivity contribution in [2.75, 3.05) is 10.6 Å². The normalized spacial score (nSPS) is 12.8. The van der Waals surface area contributed by atoms with Crippen molar-refractivity contribution >= 4 is 15.7 Å². The number of unbranched alkanes of at least 4 members (excludes halogenated alkanes) is 1. The van der Waals surface area contributed by atoms with Gasteiger partial charge in [0.2, 0.25) is 10.0 Å². The van der Waals surface area contributed by atoms with E-state index in [0.717, 1.165) is 35.4 Å². The minimum absolute atomic E-state index is 0.0296. The second-order valence-corrected chi connectivity index (χ2v) is 7.52. The van der Waals surface area contributed by atoms with Crippen LogP contribution in [0.2, 0.25) is 0 Å². The number of aliphatic hydroxyl groups excluding tert-OH is 1. The molecule has 2 rings (SSSR count). The first kappa shape index (κ1) is 18.2. The molecular formula is C17H22N2O4S. The van der Waals surface area contributed by atoms with Gasteiger partial charge in [0.25, 0.3) is 5.56 Å². The van der Waals surface area contributed by atoms with Gasteiger partial charge in [0, 0.05) is 6.20 Å². The lowest BCUT2D eigenvalue weighted by atomic mass is 10.1. The summed E-state index contributed by atoms with van der Waals surface area (Å²) < 4.78 is 25.2. The van der Waals surface area contributed by atoms with Crippen LogP contribution in [-0.4, -0.2) is 24.8 Å². The van der Waals surface area contributed by atoms with Crippen molar-refractivity contribution in [3.8, 4) is 0 Å². The number of benzene rings is 1. The molecule has 0 bridgehead atoms. The maximum Gasteiger partial charge on any atom is 0.255 e. The number of nitrogens with one attached hydrogen (secondary N) is 1. The lowest BCUT2D eigenvalue weighted by Gasteiger charge is -2.27. The van der Waals surface area contributed by atoms with E-state index in [-0.39, 0.29) is 5.56 Å². The molecule has 24 heavy (non-hydrogen) atoms. The highest BCUT2D eigenvalue weighted by molar-refractivity contribution is 7.92. The number of hydrogen-bond donors (Lipinski definition) is 2. The van der Waals surface area contributed by atoms with Crippen molar-refractivity contribution < 1.29 is 13.5 Å². The number of anilines is 1. The van der Waals surface area contributed by atoms with Gasteiger partial charge in [-0.05, 0) is 42.7 Å². The lowest BCUT2D eigenvalue weighted by Crippen LogP contribution is -2.36. The topological polar surface area (TPSA) is 90.5 Å². The average Bonchev–Trinajstić information content (AvgIpc) is 2.53. The first-order chi connectivity index (χ1) is 11.3. The van der Waals surface area contributed by atoms with E-state index in [1.165, 1.54) is 18.3 Å². The van der Waals surface area contributed by atoms with E-state index < -0.39 is 21.8 Å². The molecular weight excluding hydrogens is 328 g/mol. The van der Waals surface area contributed by atoms with Crippen molar-refractivity contribution in [2.45, 2.75) is 32.4 Å². The quantitative estimate of drug-likeness (QED) is 0.749. The van der Waals surface area contributed by atoms with E-state index in [9.17, 15) is 18.3 Å². The molecule has 0 fully saturated rings. The van der Waals surface area contributed by atoms with Gasteiger partial charge in [-0.15, -0.1) is 0 Å². The number of sulfonamides is 1. The van der Waals surface area contributed by atoms with E-state index in [1.54, 1.807) is 12.1 Å². The maximum absolute atomic E-state index is 12.2. The predicted octanol–water partition coefficient (Wildman–Crippen LogP) is 2.17. The molecule has 1 aromatic heterocycles.